The largest absolute Gasteiger partial charge is 0.379 e. The van der Waals surface area contributed by atoms with E-state index in [1.54, 1.807) is 0 Å². The highest BCUT2D eigenvalue weighted by Gasteiger charge is 2.22. The van der Waals surface area contributed by atoms with Crippen LogP contribution < -0.4 is 5.73 Å². The second kappa shape index (κ2) is 6.74. The van der Waals surface area contributed by atoms with Gasteiger partial charge in [-0.2, -0.15) is 0 Å². The topological polar surface area (TPSA) is 44.5 Å². The molecule has 3 nitrogen and oxygen atoms in total. The van der Waals surface area contributed by atoms with Crippen LogP contribution in [0.15, 0.2) is 30.3 Å². The molecule has 1 aromatic carbocycles. The van der Waals surface area contributed by atoms with Gasteiger partial charge < -0.3 is 15.2 Å². The molecule has 17 heavy (non-hydrogen) atoms. The zero-order chi connectivity index (χ0) is 11.9. The van der Waals surface area contributed by atoms with E-state index in [0.717, 1.165) is 32.5 Å². The van der Waals surface area contributed by atoms with Crippen LogP contribution in [-0.4, -0.2) is 32.0 Å². The SMILES string of the molecule is NC1CCOCC1OCCCc1ccccc1. The maximum Gasteiger partial charge on any atom is 0.0959 e. The van der Waals surface area contributed by atoms with Crippen molar-refractivity contribution in [3.05, 3.63) is 35.9 Å². The van der Waals surface area contributed by atoms with E-state index in [2.05, 4.69) is 24.3 Å². The molecular formula is C14H21NO2. The Labute approximate surface area is 103 Å². The summed E-state index contributed by atoms with van der Waals surface area (Å²) in [6.45, 7) is 2.17. The normalized spacial score (nSPS) is 24.8. The van der Waals surface area contributed by atoms with Crippen LogP contribution in [-0.2, 0) is 15.9 Å². The molecule has 0 aromatic heterocycles. The molecule has 3 heteroatoms. The number of hydrogen-bond acceptors (Lipinski definition) is 3. The molecule has 1 aliphatic rings. The van der Waals surface area contributed by atoms with Crippen molar-refractivity contribution in [2.75, 3.05) is 19.8 Å². The highest BCUT2D eigenvalue weighted by Crippen LogP contribution is 2.10. The zero-order valence-electron chi connectivity index (χ0n) is 10.2. The van der Waals surface area contributed by atoms with Gasteiger partial charge >= 0.3 is 0 Å². The van der Waals surface area contributed by atoms with Crippen LogP contribution >= 0.6 is 0 Å². The minimum absolute atomic E-state index is 0.0829. The number of benzene rings is 1. The van der Waals surface area contributed by atoms with Gasteiger partial charge in [-0.05, 0) is 24.8 Å². The van der Waals surface area contributed by atoms with E-state index in [1.807, 2.05) is 6.07 Å². The van der Waals surface area contributed by atoms with E-state index in [4.69, 9.17) is 15.2 Å². The summed E-state index contributed by atoms with van der Waals surface area (Å²) in [5.41, 5.74) is 7.33. The lowest BCUT2D eigenvalue weighted by Gasteiger charge is -2.28. The summed E-state index contributed by atoms with van der Waals surface area (Å²) in [4.78, 5) is 0. The quantitative estimate of drug-likeness (QED) is 0.791. The van der Waals surface area contributed by atoms with Crippen LogP contribution in [0, 0.1) is 0 Å². The second-order valence-corrected chi connectivity index (χ2v) is 4.53. The predicted octanol–water partition coefficient (Wildman–Crippen LogP) is 1.75. The van der Waals surface area contributed by atoms with Crippen LogP contribution in [0.25, 0.3) is 0 Å². The molecule has 0 spiro atoms. The molecule has 2 rings (SSSR count). The van der Waals surface area contributed by atoms with Gasteiger partial charge in [0.1, 0.15) is 0 Å². The summed E-state index contributed by atoms with van der Waals surface area (Å²) in [6, 6.07) is 10.6. The van der Waals surface area contributed by atoms with Crippen LogP contribution in [0.2, 0.25) is 0 Å². The van der Waals surface area contributed by atoms with Crippen molar-refractivity contribution in [2.24, 2.45) is 5.73 Å². The smallest absolute Gasteiger partial charge is 0.0959 e. The predicted molar refractivity (Wildman–Crippen MR) is 67.9 cm³/mol. The number of rotatable bonds is 5. The van der Waals surface area contributed by atoms with Gasteiger partial charge in [-0.3, -0.25) is 0 Å². The van der Waals surface area contributed by atoms with Gasteiger partial charge in [0.2, 0.25) is 0 Å². The molecule has 0 bridgehead atoms. The first kappa shape index (κ1) is 12.6. The first-order chi connectivity index (χ1) is 8.36. The summed E-state index contributed by atoms with van der Waals surface area (Å²) < 4.78 is 11.1. The lowest BCUT2D eigenvalue weighted by molar-refractivity contribution is -0.0614. The summed E-state index contributed by atoms with van der Waals surface area (Å²) in [7, 11) is 0. The van der Waals surface area contributed by atoms with Gasteiger partial charge in [0.25, 0.3) is 0 Å². The summed E-state index contributed by atoms with van der Waals surface area (Å²) in [5.74, 6) is 0. The van der Waals surface area contributed by atoms with Crippen molar-refractivity contribution >= 4 is 0 Å². The van der Waals surface area contributed by atoms with Gasteiger partial charge in [-0.25, -0.2) is 0 Å². The van der Waals surface area contributed by atoms with Crippen molar-refractivity contribution in [3.63, 3.8) is 0 Å². The maximum absolute atomic E-state index is 5.97. The van der Waals surface area contributed by atoms with Crippen molar-refractivity contribution in [1.29, 1.82) is 0 Å². The van der Waals surface area contributed by atoms with Crippen LogP contribution in [0.5, 0.6) is 0 Å². The van der Waals surface area contributed by atoms with E-state index in [0.29, 0.717) is 6.61 Å². The Hall–Kier alpha value is -0.900. The van der Waals surface area contributed by atoms with E-state index < -0.39 is 0 Å². The molecule has 1 aliphatic heterocycles. The average molecular weight is 235 g/mol. The minimum atomic E-state index is 0.0829. The minimum Gasteiger partial charge on any atom is -0.379 e. The highest BCUT2D eigenvalue weighted by molar-refractivity contribution is 5.14. The molecule has 1 saturated heterocycles. The average Bonchev–Trinajstić information content (AvgIpc) is 2.38. The molecule has 2 N–H and O–H groups in total. The third-order valence-electron chi connectivity index (χ3n) is 3.14. The van der Waals surface area contributed by atoms with Crippen molar-refractivity contribution in [2.45, 2.75) is 31.4 Å². The van der Waals surface area contributed by atoms with Gasteiger partial charge in [-0.15, -0.1) is 0 Å². The molecule has 1 aromatic rings. The Morgan fingerprint density at radius 1 is 1.29 bits per heavy atom. The van der Waals surface area contributed by atoms with Crippen LogP contribution in [0.4, 0.5) is 0 Å². The van der Waals surface area contributed by atoms with Crippen LogP contribution in [0.1, 0.15) is 18.4 Å². The third-order valence-corrected chi connectivity index (χ3v) is 3.14. The molecule has 0 saturated carbocycles. The van der Waals surface area contributed by atoms with Gasteiger partial charge in [0, 0.05) is 19.3 Å². The van der Waals surface area contributed by atoms with Crippen LogP contribution in [0.3, 0.4) is 0 Å². The Kier molecular flexibility index (Phi) is 4.98. The Morgan fingerprint density at radius 2 is 2.12 bits per heavy atom. The van der Waals surface area contributed by atoms with E-state index in [-0.39, 0.29) is 12.1 Å². The summed E-state index contributed by atoms with van der Waals surface area (Å²) in [6.07, 6.45) is 3.08. The Morgan fingerprint density at radius 3 is 2.88 bits per heavy atom. The second-order valence-electron chi connectivity index (χ2n) is 4.53. The molecule has 2 unspecified atom stereocenters. The third kappa shape index (κ3) is 4.11. The Bertz CT molecular complexity index is 315. The molecule has 2 atom stereocenters. The highest BCUT2D eigenvalue weighted by atomic mass is 16.5. The standard InChI is InChI=1S/C14H21NO2/c15-13-8-10-16-11-14(13)17-9-4-7-12-5-2-1-3-6-12/h1-3,5-6,13-14H,4,7-11,15H2. The Balaban J connectivity index is 1.63. The number of nitrogens with two attached hydrogens (primary N) is 1. The molecular weight excluding hydrogens is 214 g/mol. The molecule has 0 aliphatic carbocycles. The lowest BCUT2D eigenvalue weighted by atomic mass is 10.1. The zero-order valence-corrected chi connectivity index (χ0v) is 10.2. The molecule has 0 amide bonds. The molecule has 1 heterocycles. The summed E-state index contributed by atoms with van der Waals surface area (Å²) >= 11 is 0. The maximum atomic E-state index is 5.97. The van der Waals surface area contributed by atoms with E-state index in [9.17, 15) is 0 Å². The number of hydrogen-bond donors (Lipinski definition) is 1. The first-order valence-corrected chi connectivity index (χ1v) is 6.35. The first-order valence-electron chi connectivity index (χ1n) is 6.35. The number of ether oxygens (including phenoxy) is 2. The monoisotopic (exact) mass is 235 g/mol. The fourth-order valence-corrected chi connectivity index (χ4v) is 2.06. The van der Waals surface area contributed by atoms with E-state index >= 15 is 0 Å². The fourth-order valence-electron chi connectivity index (χ4n) is 2.06. The lowest BCUT2D eigenvalue weighted by Crippen LogP contribution is -2.44. The van der Waals surface area contributed by atoms with Gasteiger partial charge in [0.15, 0.2) is 0 Å². The van der Waals surface area contributed by atoms with Crippen molar-refractivity contribution < 1.29 is 9.47 Å². The van der Waals surface area contributed by atoms with Crippen molar-refractivity contribution in [3.8, 4) is 0 Å². The summed E-state index contributed by atoms with van der Waals surface area (Å²) in [5, 5.41) is 0. The molecule has 1 fully saturated rings. The number of aryl methyl sites for hydroxylation is 1. The van der Waals surface area contributed by atoms with Crippen molar-refractivity contribution in [1.82, 2.24) is 0 Å². The van der Waals surface area contributed by atoms with Gasteiger partial charge in [-0.1, -0.05) is 30.3 Å². The fraction of sp³-hybridized carbons (Fsp3) is 0.571. The van der Waals surface area contributed by atoms with E-state index in [1.165, 1.54) is 5.56 Å². The molecule has 94 valence electrons. The van der Waals surface area contributed by atoms with Gasteiger partial charge in [0.05, 0.1) is 12.7 Å². The molecule has 0 radical (unpaired) electrons.